The molecule has 0 aliphatic rings. The molecule has 0 amide bonds. The highest BCUT2D eigenvalue weighted by Crippen LogP contribution is 2.27. The molecule has 0 radical (unpaired) electrons. The van der Waals surface area contributed by atoms with Gasteiger partial charge in [0.15, 0.2) is 0 Å². The minimum Gasteiger partial charge on any atom is -0.478 e. The van der Waals surface area contributed by atoms with Crippen molar-refractivity contribution < 1.29 is 9.90 Å². The molecular weight excluding hydrogens is 212 g/mol. The third-order valence-electron chi connectivity index (χ3n) is 2.28. The number of aromatic carboxylic acids is 1. The monoisotopic (exact) mass is 226 g/mol. The zero-order valence-corrected chi connectivity index (χ0v) is 9.93. The van der Waals surface area contributed by atoms with E-state index in [-0.39, 0.29) is 5.41 Å². The Bertz CT molecular complexity index is 378. The minimum absolute atomic E-state index is 0.185. The van der Waals surface area contributed by atoms with Crippen LogP contribution >= 0.6 is 11.6 Å². The summed E-state index contributed by atoms with van der Waals surface area (Å²) in [4.78, 5) is 11.0. The summed E-state index contributed by atoms with van der Waals surface area (Å²) in [5.41, 5.74) is 1.95. The van der Waals surface area contributed by atoms with Gasteiger partial charge in [0.25, 0.3) is 0 Å². The van der Waals surface area contributed by atoms with E-state index in [1.165, 1.54) is 0 Å². The number of carboxylic acids is 1. The van der Waals surface area contributed by atoms with E-state index in [4.69, 9.17) is 16.7 Å². The number of carboxylic acid groups (broad SMARTS) is 1. The Labute approximate surface area is 94.9 Å². The molecule has 0 bridgehead atoms. The molecule has 3 heteroatoms. The third-order valence-corrected chi connectivity index (χ3v) is 2.59. The number of hydrogen-bond acceptors (Lipinski definition) is 1. The standard InChI is InChI=1S/C12H15ClO2/c1-12(2,3)10-6-8(7-13)4-5-9(10)11(14)15/h4-6H,7H2,1-3H3,(H,14,15). The summed E-state index contributed by atoms with van der Waals surface area (Å²) in [6.45, 7) is 5.98. The van der Waals surface area contributed by atoms with Gasteiger partial charge in [-0.2, -0.15) is 0 Å². The molecule has 0 aromatic heterocycles. The van der Waals surface area contributed by atoms with Crippen LogP contribution in [0.5, 0.6) is 0 Å². The van der Waals surface area contributed by atoms with Crippen molar-refractivity contribution >= 4 is 17.6 Å². The fourth-order valence-electron chi connectivity index (χ4n) is 1.48. The van der Waals surface area contributed by atoms with E-state index < -0.39 is 5.97 Å². The SMILES string of the molecule is CC(C)(C)c1cc(CCl)ccc1C(=O)O. The van der Waals surface area contributed by atoms with Crippen molar-refractivity contribution in [2.45, 2.75) is 32.1 Å². The smallest absolute Gasteiger partial charge is 0.335 e. The van der Waals surface area contributed by atoms with E-state index in [9.17, 15) is 4.79 Å². The number of carbonyl (C=O) groups is 1. The van der Waals surface area contributed by atoms with Crippen LogP contribution in [-0.4, -0.2) is 11.1 Å². The molecule has 82 valence electrons. The Morgan fingerprint density at radius 1 is 1.40 bits per heavy atom. The van der Waals surface area contributed by atoms with Gasteiger partial charge in [0.1, 0.15) is 0 Å². The van der Waals surface area contributed by atoms with E-state index >= 15 is 0 Å². The van der Waals surface area contributed by atoms with Gasteiger partial charge in [-0.15, -0.1) is 11.6 Å². The zero-order valence-electron chi connectivity index (χ0n) is 9.17. The van der Waals surface area contributed by atoms with Gasteiger partial charge < -0.3 is 5.11 Å². The molecule has 0 saturated heterocycles. The molecular formula is C12H15ClO2. The van der Waals surface area contributed by atoms with Gasteiger partial charge in [-0.3, -0.25) is 0 Å². The van der Waals surface area contributed by atoms with Gasteiger partial charge in [-0.25, -0.2) is 4.79 Å². The van der Waals surface area contributed by atoms with Gasteiger partial charge in [0, 0.05) is 5.88 Å². The quantitative estimate of drug-likeness (QED) is 0.785. The van der Waals surface area contributed by atoms with Crippen molar-refractivity contribution in [3.63, 3.8) is 0 Å². The highest BCUT2D eigenvalue weighted by molar-refractivity contribution is 6.17. The molecule has 2 nitrogen and oxygen atoms in total. The molecule has 0 heterocycles. The molecule has 0 aliphatic heterocycles. The zero-order chi connectivity index (χ0) is 11.6. The first-order valence-electron chi connectivity index (χ1n) is 4.79. The fourth-order valence-corrected chi connectivity index (χ4v) is 1.65. The molecule has 0 atom stereocenters. The lowest BCUT2D eigenvalue weighted by Gasteiger charge is -2.22. The van der Waals surface area contributed by atoms with Gasteiger partial charge in [-0.1, -0.05) is 32.9 Å². The largest absolute Gasteiger partial charge is 0.478 e. The minimum atomic E-state index is -0.888. The number of rotatable bonds is 2. The van der Waals surface area contributed by atoms with Crippen LogP contribution in [0, 0.1) is 0 Å². The highest BCUT2D eigenvalue weighted by atomic mass is 35.5. The Balaban J connectivity index is 3.36. The van der Waals surface area contributed by atoms with Crippen LogP contribution in [0.2, 0.25) is 0 Å². The van der Waals surface area contributed by atoms with E-state index in [0.717, 1.165) is 11.1 Å². The third kappa shape index (κ3) is 2.72. The summed E-state index contributed by atoms with van der Waals surface area (Å²) in [6, 6.07) is 5.25. The van der Waals surface area contributed by atoms with Gasteiger partial charge in [-0.05, 0) is 22.6 Å². The molecule has 0 unspecified atom stereocenters. The van der Waals surface area contributed by atoms with Crippen molar-refractivity contribution in [3.05, 3.63) is 34.9 Å². The predicted octanol–water partition coefficient (Wildman–Crippen LogP) is 3.42. The Hall–Kier alpha value is -1.02. The molecule has 1 aromatic rings. The van der Waals surface area contributed by atoms with Crippen LogP contribution < -0.4 is 0 Å². The molecule has 0 aliphatic carbocycles. The second-order valence-electron chi connectivity index (χ2n) is 4.57. The van der Waals surface area contributed by atoms with Gasteiger partial charge >= 0.3 is 5.97 Å². The normalized spacial score (nSPS) is 11.5. The maximum absolute atomic E-state index is 11.0. The maximum Gasteiger partial charge on any atom is 0.335 e. The summed E-state index contributed by atoms with van der Waals surface area (Å²) in [6.07, 6.45) is 0. The molecule has 1 aromatic carbocycles. The number of hydrogen-bond donors (Lipinski definition) is 1. The van der Waals surface area contributed by atoms with Gasteiger partial charge in [0.05, 0.1) is 5.56 Å². The maximum atomic E-state index is 11.0. The Kier molecular flexibility index (Phi) is 3.40. The van der Waals surface area contributed by atoms with E-state index in [2.05, 4.69) is 0 Å². The first kappa shape index (κ1) is 12.1. The van der Waals surface area contributed by atoms with Crippen LogP contribution in [0.4, 0.5) is 0 Å². The second kappa shape index (κ2) is 4.23. The summed E-state index contributed by atoms with van der Waals surface area (Å²) in [7, 11) is 0. The average Bonchev–Trinajstić information content (AvgIpc) is 2.15. The van der Waals surface area contributed by atoms with Crippen molar-refractivity contribution in [3.8, 4) is 0 Å². The van der Waals surface area contributed by atoms with E-state index in [0.29, 0.717) is 11.4 Å². The Morgan fingerprint density at radius 3 is 2.40 bits per heavy atom. The van der Waals surface area contributed by atoms with E-state index in [1.807, 2.05) is 26.8 Å². The van der Waals surface area contributed by atoms with Crippen molar-refractivity contribution in [2.24, 2.45) is 0 Å². The predicted molar refractivity (Wildman–Crippen MR) is 61.7 cm³/mol. The molecule has 0 spiro atoms. The Morgan fingerprint density at radius 2 is 2.00 bits per heavy atom. The van der Waals surface area contributed by atoms with E-state index in [1.54, 1.807) is 12.1 Å². The summed E-state index contributed by atoms with van der Waals surface area (Å²) < 4.78 is 0. The van der Waals surface area contributed by atoms with Crippen LogP contribution in [0.3, 0.4) is 0 Å². The topological polar surface area (TPSA) is 37.3 Å². The molecule has 15 heavy (non-hydrogen) atoms. The summed E-state index contributed by atoms with van der Waals surface area (Å²) in [5.74, 6) is -0.482. The van der Waals surface area contributed by atoms with Crippen molar-refractivity contribution in [2.75, 3.05) is 0 Å². The summed E-state index contributed by atoms with van der Waals surface area (Å²) in [5, 5.41) is 9.06. The molecule has 1 N–H and O–H groups in total. The highest BCUT2D eigenvalue weighted by Gasteiger charge is 2.21. The molecule has 0 saturated carbocycles. The van der Waals surface area contributed by atoms with Crippen molar-refractivity contribution in [1.29, 1.82) is 0 Å². The summed E-state index contributed by atoms with van der Waals surface area (Å²) >= 11 is 5.73. The molecule has 0 fully saturated rings. The van der Waals surface area contributed by atoms with Gasteiger partial charge in [0.2, 0.25) is 0 Å². The number of benzene rings is 1. The average molecular weight is 227 g/mol. The number of alkyl halides is 1. The number of halogens is 1. The lowest BCUT2D eigenvalue weighted by Crippen LogP contribution is -2.17. The second-order valence-corrected chi connectivity index (χ2v) is 4.84. The lowest BCUT2D eigenvalue weighted by atomic mass is 9.83. The molecule has 1 rings (SSSR count). The van der Waals surface area contributed by atoms with Crippen LogP contribution in [0.15, 0.2) is 18.2 Å². The first-order chi connectivity index (χ1) is 6.86. The van der Waals surface area contributed by atoms with Crippen LogP contribution in [0.25, 0.3) is 0 Å². The van der Waals surface area contributed by atoms with Crippen molar-refractivity contribution in [1.82, 2.24) is 0 Å². The fraction of sp³-hybridized carbons (Fsp3) is 0.417. The lowest BCUT2D eigenvalue weighted by molar-refractivity contribution is 0.0694. The van der Waals surface area contributed by atoms with Crippen LogP contribution in [0.1, 0.15) is 42.3 Å². The first-order valence-corrected chi connectivity index (χ1v) is 5.32. The van der Waals surface area contributed by atoms with Crippen LogP contribution in [-0.2, 0) is 11.3 Å².